The number of furan rings is 1. The van der Waals surface area contributed by atoms with Gasteiger partial charge in [0.1, 0.15) is 5.75 Å². The molecule has 110 valence electrons. The van der Waals surface area contributed by atoms with E-state index in [2.05, 4.69) is 10.2 Å². The molecule has 1 amide bonds. The van der Waals surface area contributed by atoms with Gasteiger partial charge >= 0.3 is 0 Å². The maximum atomic E-state index is 12.1. The number of anilines is 2. The lowest BCUT2D eigenvalue weighted by molar-refractivity contribution is 0.0996. The Kier molecular flexibility index (Phi) is 3.81. The minimum Gasteiger partial charge on any atom is -0.495 e. The van der Waals surface area contributed by atoms with Crippen molar-refractivity contribution < 1.29 is 13.9 Å². The Hall–Kier alpha value is -2.43. The second-order valence-corrected chi connectivity index (χ2v) is 5.01. The van der Waals surface area contributed by atoms with Gasteiger partial charge < -0.3 is 19.4 Å². The highest BCUT2D eigenvalue weighted by atomic mass is 16.5. The van der Waals surface area contributed by atoms with Crippen molar-refractivity contribution in [3.05, 3.63) is 42.4 Å². The third kappa shape index (κ3) is 2.86. The van der Waals surface area contributed by atoms with E-state index in [1.54, 1.807) is 19.2 Å². The summed E-state index contributed by atoms with van der Waals surface area (Å²) in [5.41, 5.74) is 1.76. The van der Waals surface area contributed by atoms with E-state index in [4.69, 9.17) is 9.15 Å². The zero-order chi connectivity index (χ0) is 14.7. The molecule has 1 saturated heterocycles. The number of nitrogens with one attached hydrogen (secondary N) is 1. The third-order valence-corrected chi connectivity index (χ3v) is 3.65. The van der Waals surface area contributed by atoms with Gasteiger partial charge in [0.15, 0.2) is 5.76 Å². The molecule has 0 bridgehead atoms. The van der Waals surface area contributed by atoms with Gasteiger partial charge in [-0.15, -0.1) is 0 Å². The number of ether oxygens (including phenoxy) is 1. The first-order valence-electron chi connectivity index (χ1n) is 7.06. The van der Waals surface area contributed by atoms with Crippen LogP contribution in [0, 0.1) is 0 Å². The van der Waals surface area contributed by atoms with E-state index in [-0.39, 0.29) is 11.7 Å². The van der Waals surface area contributed by atoms with Crippen molar-refractivity contribution in [2.75, 3.05) is 30.4 Å². The number of benzene rings is 1. The van der Waals surface area contributed by atoms with E-state index in [0.29, 0.717) is 11.4 Å². The Bertz CT molecular complexity index is 616. The Morgan fingerprint density at radius 2 is 2.10 bits per heavy atom. The van der Waals surface area contributed by atoms with Crippen LogP contribution in [0.3, 0.4) is 0 Å². The van der Waals surface area contributed by atoms with Crippen LogP contribution in [0.25, 0.3) is 0 Å². The molecular formula is C16H18N2O3. The molecule has 0 atom stereocenters. The zero-order valence-corrected chi connectivity index (χ0v) is 12.0. The van der Waals surface area contributed by atoms with E-state index < -0.39 is 0 Å². The van der Waals surface area contributed by atoms with Crippen LogP contribution < -0.4 is 15.0 Å². The van der Waals surface area contributed by atoms with Crippen molar-refractivity contribution in [2.45, 2.75) is 12.8 Å². The Balaban J connectivity index is 1.84. The van der Waals surface area contributed by atoms with Crippen LogP contribution in [0.2, 0.25) is 0 Å². The predicted molar refractivity (Wildman–Crippen MR) is 81.1 cm³/mol. The standard InChI is InChI=1S/C16H18N2O3/c1-20-14-7-6-12(18-8-2-3-9-18)11-13(14)17-16(19)15-5-4-10-21-15/h4-7,10-11H,2-3,8-9H2,1H3,(H,17,19). The highest BCUT2D eigenvalue weighted by Crippen LogP contribution is 2.31. The Morgan fingerprint density at radius 3 is 2.76 bits per heavy atom. The van der Waals surface area contributed by atoms with Gasteiger partial charge in [0, 0.05) is 18.8 Å². The number of amides is 1. The maximum Gasteiger partial charge on any atom is 0.291 e. The quantitative estimate of drug-likeness (QED) is 0.938. The van der Waals surface area contributed by atoms with Gasteiger partial charge in [-0.25, -0.2) is 0 Å². The van der Waals surface area contributed by atoms with Crippen LogP contribution in [-0.2, 0) is 0 Å². The molecular weight excluding hydrogens is 268 g/mol. The van der Waals surface area contributed by atoms with Crippen molar-refractivity contribution in [2.24, 2.45) is 0 Å². The summed E-state index contributed by atoms with van der Waals surface area (Å²) in [6.45, 7) is 2.11. The molecule has 1 fully saturated rings. The van der Waals surface area contributed by atoms with E-state index in [1.165, 1.54) is 19.1 Å². The van der Waals surface area contributed by atoms with Crippen LogP contribution in [0.4, 0.5) is 11.4 Å². The lowest BCUT2D eigenvalue weighted by atomic mass is 10.2. The molecule has 1 aliphatic heterocycles. The highest BCUT2D eigenvalue weighted by molar-refractivity contribution is 6.03. The number of hydrogen-bond acceptors (Lipinski definition) is 4. The predicted octanol–water partition coefficient (Wildman–Crippen LogP) is 3.14. The number of nitrogens with zero attached hydrogens (tertiary/aromatic N) is 1. The molecule has 0 spiro atoms. The fourth-order valence-electron chi connectivity index (χ4n) is 2.56. The summed E-state index contributed by atoms with van der Waals surface area (Å²) >= 11 is 0. The maximum absolute atomic E-state index is 12.1. The van der Waals surface area contributed by atoms with Crippen LogP contribution >= 0.6 is 0 Å². The average Bonchev–Trinajstić information content (AvgIpc) is 3.20. The SMILES string of the molecule is COc1ccc(N2CCCC2)cc1NC(=O)c1ccco1. The van der Waals surface area contributed by atoms with Gasteiger partial charge in [-0.3, -0.25) is 4.79 Å². The third-order valence-electron chi connectivity index (χ3n) is 3.65. The number of rotatable bonds is 4. The van der Waals surface area contributed by atoms with Crippen LogP contribution in [0.1, 0.15) is 23.4 Å². The molecule has 0 radical (unpaired) electrons. The normalized spacial score (nSPS) is 14.2. The van der Waals surface area contributed by atoms with Gasteiger partial charge in [-0.05, 0) is 43.2 Å². The number of carbonyl (C=O) groups is 1. The second kappa shape index (κ2) is 5.91. The second-order valence-electron chi connectivity index (χ2n) is 5.01. The molecule has 0 aliphatic carbocycles. The van der Waals surface area contributed by atoms with Crippen LogP contribution in [0.5, 0.6) is 5.75 Å². The Morgan fingerprint density at radius 1 is 1.29 bits per heavy atom. The van der Waals surface area contributed by atoms with Crippen LogP contribution in [-0.4, -0.2) is 26.1 Å². The number of carbonyl (C=O) groups excluding carboxylic acids is 1. The molecule has 2 aromatic rings. The fraction of sp³-hybridized carbons (Fsp3) is 0.312. The minimum absolute atomic E-state index is 0.281. The largest absolute Gasteiger partial charge is 0.495 e. The van der Waals surface area contributed by atoms with Crippen molar-refractivity contribution in [1.82, 2.24) is 0 Å². The molecule has 1 aliphatic rings. The van der Waals surface area contributed by atoms with Gasteiger partial charge in [-0.2, -0.15) is 0 Å². The number of methoxy groups -OCH3 is 1. The molecule has 1 N–H and O–H groups in total. The first-order valence-corrected chi connectivity index (χ1v) is 7.06. The average molecular weight is 286 g/mol. The van der Waals surface area contributed by atoms with E-state index in [9.17, 15) is 4.79 Å². The first-order chi connectivity index (χ1) is 10.3. The van der Waals surface area contributed by atoms with Gasteiger partial charge in [-0.1, -0.05) is 0 Å². The molecule has 5 nitrogen and oxygen atoms in total. The molecule has 21 heavy (non-hydrogen) atoms. The molecule has 5 heteroatoms. The van der Waals surface area contributed by atoms with Gasteiger partial charge in [0.05, 0.1) is 19.1 Å². The summed E-state index contributed by atoms with van der Waals surface area (Å²) in [6.07, 6.45) is 3.90. The lowest BCUT2D eigenvalue weighted by Crippen LogP contribution is -2.18. The van der Waals surface area contributed by atoms with E-state index >= 15 is 0 Å². The van der Waals surface area contributed by atoms with Crippen molar-refractivity contribution in [3.8, 4) is 5.75 Å². The van der Waals surface area contributed by atoms with Crippen molar-refractivity contribution in [3.63, 3.8) is 0 Å². The molecule has 1 aromatic carbocycles. The fourth-order valence-corrected chi connectivity index (χ4v) is 2.56. The topological polar surface area (TPSA) is 54.7 Å². The van der Waals surface area contributed by atoms with E-state index in [0.717, 1.165) is 18.8 Å². The molecule has 1 aromatic heterocycles. The summed E-state index contributed by atoms with van der Waals surface area (Å²) in [5, 5.41) is 2.84. The zero-order valence-electron chi connectivity index (χ0n) is 12.0. The Labute approximate surface area is 123 Å². The summed E-state index contributed by atoms with van der Waals surface area (Å²) < 4.78 is 10.4. The summed E-state index contributed by atoms with van der Waals surface area (Å²) in [5.74, 6) is 0.637. The lowest BCUT2D eigenvalue weighted by Gasteiger charge is -2.19. The monoisotopic (exact) mass is 286 g/mol. The van der Waals surface area contributed by atoms with Crippen LogP contribution in [0.15, 0.2) is 41.0 Å². The van der Waals surface area contributed by atoms with Gasteiger partial charge in [0.2, 0.25) is 0 Å². The van der Waals surface area contributed by atoms with Crippen molar-refractivity contribution in [1.29, 1.82) is 0 Å². The smallest absolute Gasteiger partial charge is 0.291 e. The molecule has 3 rings (SSSR count). The van der Waals surface area contributed by atoms with E-state index in [1.807, 2.05) is 18.2 Å². The summed E-state index contributed by atoms with van der Waals surface area (Å²) in [6, 6.07) is 9.17. The molecule has 0 saturated carbocycles. The first kappa shape index (κ1) is 13.5. The minimum atomic E-state index is -0.281. The molecule has 2 heterocycles. The summed E-state index contributed by atoms with van der Waals surface area (Å²) in [4.78, 5) is 14.4. The summed E-state index contributed by atoms with van der Waals surface area (Å²) in [7, 11) is 1.59. The highest BCUT2D eigenvalue weighted by Gasteiger charge is 2.16. The number of hydrogen-bond donors (Lipinski definition) is 1. The van der Waals surface area contributed by atoms with Crippen molar-refractivity contribution >= 4 is 17.3 Å². The van der Waals surface area contributed by atoms with Gasteiger partial charge in [0.25, 0.3) is 5.91 Å². The molecule has 0 unspecified atom stereocenters.